The largest absolute Gasteiger partial charge is 0.489 e. The Bertz CT molecular complexity index is 1300. The normalized spacial score (nSPS) is 20.0. The first-order valence-corrected chi connectivity index (χ1v) is 12.9. The molecule has 2 aromatic heterocycles. The van der Waals surface area contributed by atoms with Crippen molar-refractivity contribution < 1.29 is 18.9 Å². The average molecular weight is 517 g/mol. The van der Waals surface area contributed by atoms with Crippen LogP contribution in [0.1, 0.15) is 32.3 Å². The lowest BCUT2D eigenvalue weighted by Gasteiger charge is -2.37. The molecule has 2 saturated heterocycles. The molecule has 0 aliphatic carbocycles. The van der Waals surface area contributed by atoms with Crippen LogP contribution < -0.4 is 19.7 Å². The second-order valence-electron chi connectivity index (χ2n) is 9.53. The molecule has 2 aliphatic rings. The molecule has 4 heterocycles. The smallest absolute Gasteiger partial charge is 0.239 e. The maximum atomic E-state index is 9.73. The standard InChI is InChI=1S/C28H32N6O4/c1-18-16-34(17-19(2)37-18)24-5-7-26(32-27(24)35-3)33-28-30-11-8-23(31-28)20-4-6-25(21(14-20)15-29)38-22-9-12-36-13-10-22/h4-8,11,14,18-19,22H,9-10,12-13,16-17H2,1-3H3,(H,30,31,32,33)/t18-,19+. The lowest BCUT2D eigenvalue weighted by Crippen LogP contribution is -2.45. The Morgan fingerprint density at radius 1 is 1.05 bits per heavy atom. The van der Waals surface area contributed by atoms with Crippen molar-refractivity contribution in [3.8, 4) is 29.0 Å². The molecular weight excluding hydrogens is 484 g/mol. The van der Waals surface area contributed by atoms with Gasteiger partial charge in [0.25, 0.3) is 0 Å². The first kappa shape index (κ1) is 25.7. The van der Waals surface area contributed by atoms with E-state index in [1.165, 1.54) is 0 Å². The molecule has 198 valence electrons. The Morgan fingerprint density at radius 3 is 2.58 bits per heavy atom. The van der Waals surface area contributed by atoms with Crippen molar-refractivity contribution in [2.24, 2.45) is 0 Å². The van der Waals surface area contributed by atoms with Crippen LogP contribution in [0.3, 0.4) is 0 Å². The molecule has 2 atom stereocenters. The van der Waals surface area contributed by atoms with Gasteiger partial charge in [-0.2, -0.15) is 10.2 Å². The highest BCUT2D eigenvalue weighted by molar-refractivity contribution is 5.66. The number of nitriles is 1. The Hall–Kier alpha value is -3.94. The van der Waals surface area contributed by atoms with Crippen LogP contribution in [0.4, 0.5) is 17.5 Å². The summed E-state index contributed by atoms with van der Waals surface area (Å²) < 4.78 is 22.9. The molecule has 2 fully saturated rings. The van der Waals surface area contributed by atoms with Crippen molar-refractivity contribution in [3.05, 3.63) is 48.2 Å². The summed E-state index contributed by atoms with van der Waals surface area (Å²) in [5, 5.41) is 12.9. The summed E-state index contributed by atoms with van der Waals surface area (Å²) >= 11 is 0. The van der Waals surface area contributed by atoms with E-state index in [2.05, 4.69) is 45.1 Å². The molecular formula is C28H32N6O4. The van der Waals surface area contributed by atoms with Crippen LogP contribution in [-0.2, 0) is 9.47 Å². The summed E-state index contributed by atoms with van der Waals surface area (Å²) in [5.41, 5.74) is 2.86. The molecule has 0 bridgehead atoms. The van der Waals surface area contributed by atoms with Crippen LogP contribution in [0.2, 0.25) is 0 Å². The number of nitrogens with zero attached hydrogens (tertiary/aromatic N) is 5. The van der Waals surface area contributed by atoms with Gasteiger partial charge < -0.3 is 29.2 Å². The second kappa shape index (κ2) is 11.6. The van der Waals surface area contributed by atoms with Gasteiger partial charge >= 0.3 is 0 Å². The maximum absolute atomic E-state index is 9.73. The van der Waals surface area contributed by atoms with E-state index in [0.29, 0.717) is 47.9 Å². The molecule has 1 N–H and O–H groups in total. The van der Waals surface area contributed by atoms with Gasteiger partial charge in [0, 0.05) is 37.7 Å². The number of hydrogen-bond acceptors (Lipinski definition) is 10. The third kappa shape index (κ3) is 5.96. The summed E-state index contributed by atoms with van der Waals surface area (Å²) in [7, 11) is 1.61. The summed E-state index contributed by atoms with van der Waals surface area (Å²) in [6, 6.07) is 13.5. The average Bonchev–Trinajstić information content (AvgIpc) is 2.93. The molecule has 10 heteroatoms. The molecule has 1 aromatic carbocycles. The predicted octanol–water partition coefficient (Wildman–Crippen LogP) is 4.33. The van der Waals surface area contributed by atoms with E-state index in [1.807, 2.05) is 24.3 Å². The minimum absolute atomic E-state index is 0.0579. The quantitative estimate of drug-likeness (QED) is 0.486. The zero-order chi connectivity index (χ0) is 26.5. The SMILES string of the molecule is COc1nc(Nc2nccc(-c3ccc(OC4CCOCC4)c(C#N)c3)n2)ccc1N1C[C@@H](C)O[C@@H](C)C1. The molecule has 10 nitrogen and oxygen atoms in total. The van der Waals surface area contributed by atoms with Gasteiger partial charge in [0.05, 0.1) is 43.8 Å². The molecule has 2 aliphatic heterocycles. The predicted molar refractivity (Wildman–Crippen MR) is 143 cm³/mol. The number of nitrogens with one attached hydrogen (secondary N) is 1. The fourth-order valence-corrected chi connectivity index (χ4v) is 4.82. The summed E-state index contributed by atoms with van der Waals surface area (Å²) in [5.74, 6) is 2.05. The van der Waals surface area contributed by atoms with Crippen LogP contribution in [-0.4, -0.2) is 66.7 Å². The van der Waals surface area contributed by atoms with E-state index in [-0.39, 0.29) is 18.3 Å². The molecule has 0 spiro atoms. The Kier molecular flexibility index (Phi) is 7.86. The number of anilines is 3. The van der Waals surface area contributed by atoms with Crippen molar-refractivity contribution in [1.82, 2.24) is 15.0 Å². The van der Waals surface area contributed by atoms with Gasteiger partial charge in [-0.3, -0.25) is 0 Å². The van der Waals surface area contributed by atoms with Gasteiger partial charge in [-0.05, 0) is 50.2 Å². The number of pyridine rings is 1. The lowest BCUT2D eigenvalue weighted by molar-refractivity contribution is -0.00535. The molecule has 0 unspecified atom stereocenters. The van der Waals surface area contributed by atoms with Crippen molar-refractivity contribution in [1.29, 1.82) is 5.26 Å². The van der Waals surface area contributed by atoms with Crippen LogP contribution >= 0.6 is 0 Å². The number of hydrogen-bond donors (Lipinski definition) is 1. The summed E-state index contributed by atoms with van der Waals surface area (Å²) in [4.78, 5) is 15.9. The van der Waals surface area contributed by atoms with Crippen molar-refractivity contribution in [2.45, 2.75) is 45.0 Å². The molecule has 0 amide bonds. The van der Waals surface area contributed by atoms with Crippen molar-refractivity contribution in [3.63, 3.8) is 0 Å². The van der Waals surface area contributed by atoms with Gasteiger partial charge in [0.15, 0.2) is 0 Å². The summed E-state index contributed by atoms with van der Waals surface area (Å²) in [6.45, 7) is 7.02. The van der Waals surface area contributed by atoms with Gasteiger partial charge in [-0.15, -0.1) is 0 Å². The van der Waals surface area contributed by atoms with Crippen LogP contribution in [0, 0.1) is 11.3 Å². The zero-order valence-corrected chi connectivity index (χ0v) is 21.9. The highest BCUT2D eigenvalue weighted by Gasteiger charge is 2.25. The van der Waals surface area contributed by atoms with Crippen LogP contribution in [0.15, 0.2) is 42.6 Å². The third-order valence-electron chi connectivity index (χ3n) is 6.55. The van der Waals surface area contributed by atoms with Gasteiger partial charge in [-0.25, -0.2) is 9.97 Å². The van der Waals surface area contributed by atoms with E-state index in [1.54, 1.807) is 25.4 Å². The number of ether oxygens (including phenoxy) is 4. The minimum Gasteiger partial charge on any atom is -0.489 e. The Balaban J connectivity index is 1.33. The lowest BCUT2D eigenvalue weighted by atomic mass is 10.1. The van der Waals surface area contributed by atoms with E-state index in [0.717, 1.165) is 37.2 Å². The number of methoxy groups -OCH3 is 1. The summed E-state index contributed by atoms with van der Waals surface area (Å²) in [6.07, 6.45) is 3.62. The number of aromatic nitrogens is 3. The van der Waals surface area contributed by atoms with Crippen molar-refractivity contribution >= 4 is 17.5 Å². The molecule has 5 rings (SSSR count). The first-order chi connectivity index (χ1) is 18.5. The van der Waals surface area contributed by atoms with Gasteiger partial charge in [-0.1, -0.05) is 0 Å². The molecule has 0 radical (unpaired) electrons. The van der Waals surface area contributed by atoms with E-state index < -0.39 is 0 Å². The van der Waals surface area contributed by atoms with E-state index in [4.69, 9.17) is 18.9 Å². The third-order valence-corrected chi connectivity index (χ3v) is 6.55. The topological polar surface area (TPSA) is 115 Å². The van der Waals surface area contributed by atoms with Gasteiger partial charge in [0.2, 0.25) is 11.8 Å². The van der Waals surface area contributed by atoms with E-state index >= 15 is 0 Å². The number of rotatable bonds is 7. The molecule has 38 heavy (non-hydrogen) atoms. The molecule has 3 aromatic rings. The molecule has 0 saturated carbocycles. The number of morpholine rings is 1. The second-order valence-corrected chi connectivity index (χ2v) is 9.53. The minimum atomic E-state index is 0.0579. The van der Waals surface area contributed by atoms with Gasteiger partial charge in [0.1, 0.15) is 29.4 Å². The van der Waals surface area contributed by atoms with Crippen LogP contribution in [0.5, 0.6) is 11.6 Å². The van der Waals surface area contributed by atoms with Crippen molar-refractivity contribution in [2.75, 3.05) is 43.6 Å². The number of benzene rings is 1. The maximum Gasteiger partial charge on any atom is 0.239 e. The fourth-order valence-electron chi connectivity index (χ4n) is 4.82. The fraction of sp³-hybridized carbons (Fsp3) is 0.429. The monoisotopic (exact) mass is 516 g/mol. The Labute approximate surface area is 222 Å². The highest BCUT2D eigenvalue weighted by atomic mass is 16.5. The van der Waals surface area contributed by atoms with Crippen LogP contribution in [0.25, 0.3) is 11.3 Å². The van der Waals surface area contributed by atoms with E-state index in [9.17, 15) is 5.26 Å². The Morgan fingerprint density at radius 2 is 1.84 bits per heavy atom. The zero-order valence-electron chi connectivity index (χ0n) is 21.9. The highest BCUT2D eigenvalue weighted by Crippen LogP contribution is 2.32. The first-order valence-electron chi connectivity index (χ1n) is 12.9.